The van der Waals surface area contributed by atoms with E-state index in [1.54, 1.807) is 24.3 Å². The molecule has 0 heterocycles. The Bertz CT molecular complexity index is 473. The molecule has 5 nitrogen and oxygen atoms in total. The van der Waals surface area contributed by atoms with Gasteiger partial charge >= 0.3 is 16.5 Å². The predicted molar refractivity (Wildman–Crippen MR) is 57.3 cm³/mol. The normalized spacial score (nSPS) is 11.6. The van der Waals surface area contributed by atoms with Crippen LogP contribution in [0, 0.1) is 0 Å². The molecule has 0 aromatic heterocycles. The molecule has 0 unspecified atom stereocenters. The Morgan fingerprint density at radius 3 is 2.50 bits per heavy atom. The molecule has 0 radical (unpaired) electrons. The zero-order valence-corrected chi connectivity index (χ0v) is 9.48. The molecule has 1 atom stereocenters. The summed E-state index contributed by atoms with van der Waals surface area (Å²) in [5.74, 6) is -0.659. The van der Waals surface area contributed by atoms with Crippen LogP contribution < -0.4 is 0 Å². The number of carbonyl (C=O) groups excluding carboxylic acids is 1. The van der Waals surface area contributed by atoms with Gasteiger partial charge in [0.25, 0.3) is 0 Å². The number of nitrogens with zero attached hydrogens (tertiary/aromatic N) is 1. The molecule has 0 N–H and O–H groups in total. The van der Waals surface area contributed by atoms with E-state index < -0.39 is 22.5 Å². The van der Waals surface area contributed by atoms with Gasteiger partial charge in [-0.2, -0.15) is 12.8 Å². The van der Waals surface area contributed by atoms with Crippen molar-refractivity contribution in [1.82, 2.24) is 0 Å². The largest absolute Gasteiger partial charge is 0.467 e. The number of hydrogen-bond acceptors (Lipinski definition) is 5. The molecule has 0 bridgehead atoms. The fourth-order valence-corrected chi connectivity index (χ4v) is 1.61. The molecule has 0 fully saturated rings. The average molecular weight is 241 g/mol. The van der Waals surface area contributed by atoms with E-state index in [1.165, 1.54) is 7.11 Å². The summed E-state index contributed by atoms with van der Waals surface area (Å²) >= 11 is 0. The van der Waals surface area contributed by atoms with Crippen molar-refractivity contribution in [3.05, 3.63) is 35.9 Å². The van der Waals surface area contributed by atoms with E-state index in [0.717, 1.165) is 5.56 Å². The van der Waals surface area contributed by atoms with Crippen molar-refractivity contribution < 1.29 is 17.9 Å². The summed E-state index contributed by atoms with van der Waals surface area (Å²) in [4.78, 5) is 11.3. The molecule has 1 aromatic carbocycles. The summed E-state index contributed by atoms with van der Waals surface area (Å²) in [6, 6.07) is 8.01. The average Bonchev–Trinajstić information content (AvgIpc) is 2.28. The molecule has 1 rings (SSSR count). The van der Waals surface area contributed by atoms with E-state index in [-0.39, 0.29) is 6.42 Å². The van der Waals surface area contributed by atoms with Crippen molar-refractivity contribution in [2.45, 2.75) is 12.5 Å². The lowest BCUT2D eigenvalue weighted by Crippen LogP contribution is -2.22. The summed E-state index contributed by atoms with van der Waals surface area (Å²) in [6.45, 7) is 0. The van der Waals surface area contributed by atoms with Gasteiger partial charge in [0, 0.05) is 6.42 Å². The van der Waals surface area contributed by atoms with Gasteiger partial charge in [-0.15, -0.1) is 0 Å². The minimum Gasteiger partial charge on any atom is -0.467 e. The van der Waals surface area contributed by atoms with Gasteiger partial charge in [-0.05, 0) is 5.56 Å². The number of esters is 1. The minimum atomic E-state index is -2.62. The smallest absolute Gasteiger partial charge is 0.332 e. The second-order valence-electron chi connectivity index (χ2n) is 3.05. The third kappa shape index (κ3) is 3.82. The van der Waals surface area contributed by atoms with Crippen LogP contribution in [0.4, 0.5) is 0 Å². The first kappa shape index (κ1) is 12.4. The first-order chi connectivity index (χ1) is 7.63. The molecule has 0 aliphatic rings. The second-order valence-corrected chi connectivity index (χ2v) is 3.70. The number of methoxy groups -OCH3 is 1. The van der Waals surface area contributed by atoms with Crippen molar-refractivity contribution >= 4 is 16.5 Å². The van der Waals surface area contributed by atoms with Crippen molar-refractivity contribution in [1.29, 1.82) is 0 Å². The maximum absolute atomic E-state index is 11.3. The van der Waals surface area contributed by atoms with Gasteiger partial charge in [0.15, 0.2) is 6.04 Å². The molecule has 16 heavy (non-hydrogen) atoms. The van der Waals surface area contributed by atoms with E-state index in [0.29, 0.717) is 0 Å². The van der Waals surface area contributed by atoms with Gasteiger partial charge in [0.1, 0.15) is 0 Å². The molecule has 86 valence electrons. The molecule has 0 amide bonds. The quantitative estimate of drug-likeness (QED) is 0.732. The molecule has 0 aliphatic carbocycles. The monoisotopic (exact) mass is 241 g/mol. The fraction of sp³-hybridized carbons (Fsp3) is 0.300. The van der Waals surface area contributed by atoms with Crippen LogP contribution in [-0.4, -0.2) is 27.5 Å². The van der Waals surface area contributed by atoms with Gasteiger partial charge in [0.2, 0.25) is 0 Å². The van der Waals surface area contributed by atoms with Crippen molar-refractivity contribution in [3.8, 4) is 0 Å². The molecular weight excluding hydrogens is 230 g/mol. The highest BCUT2D eigenvalue weighted by molar-refractivity contribution is 7.61. The van der Waals surface area contributed by atoms with Gasteiger partial charge in [0.05, 0.1) is 7.11 Å². The standard InChI is InChI=1S/C10H11NO4S/c1-15-10(12)9(11-16(13)14)7-8-5-3-2-4-6-8/h2-6,9H,7H2,1H3/t9-/m0/s1. The first-order valence-electron chi connectivity index (χ1n) is 4.55. The molecule has 1 aromatic rings. The summed E-state index contributed by atoms with van der Waals surface area (Å²) in [5.41, 5.74) is 0.826. The first-order valence-corrected chi connectivity index (χ1v) is 5.58. The highest BCUT2D eigenvalue weighted by Gasteiger charge is 2.19. The number of hydrogen-bond donors (Lipinski definition) is 0. The summed E-state index contributed by atoms with van der Waals surface area (Å²) in [7, 11) is -1.42. The summed E-state index contributed by atoms with van der Waals surface area (Å²) < 4.78 is 28.7. The molecule has 0 spiro atoms. The van der Waals surface area contributed by atoms with Crippen LogP contribution in [0.1, 0.15) is 5.56 Å². The predicted octanol–water partition coefficient (Wildman–Crippen LogP) is 0.833. The molecular formula is C10H11NO4S. The fourth-order valence-electron chi connectivity index (χ4n) is 1.24. The lowest BCUT2D eigenvalue weighted by Gasteiger charge is -2.07. The lowest BCUT2D eigenvalue weighted by molar-refractivity contribution is -0.142. The van der Waals surface area contributed by atoms with Crippen molar-refractivity contribution in [3.63, 3.8) is 0 Å². The van der Waals surface area contributed by atoms with E-state index in [1.807, 2.05) is 6.07 Å². The Balaban J connectivity index is 2.88. The van der Waals surface area contributed by atoms with E-state index in [2.05, 4.69) is 9.10 Å². The van der Waals surface area contributed by atoms with Crippen LogP contribution in [0.15, 0.2) is 34.7 Å². The number of carbonyl (C=O) groups is 1. The maximum atomic E-state index is 11.3. The molecule has 0 saturated heterocycles. The summed E-state index contributed by atoms with van der Waals surface area (Å²) in [5, 5.41) is 0. The van der Waals surface area contributed by atoms with E-state index in [9.17, 15) is 13.2 Å². The number of benzene rings is 1. The topological polar surface area (TPSA) is 72.8 Å². The van der Waals surface area contributed by atoms with E-state index >= 15 is 0 Å². The van der Waals surface area contributed by atoms with Gasteiger partial charge < -0.3 is 4.74 Å². The van der Waals surface area contributed by atoms with Gasteiger partial charge in [-0.25, -0.2) is 4.79 Å². The Morgan fingerprint density at radius 1 is 1.38 bits per heavy atom. The lowest BCUT2D eigenvalue weighted by atomic mass is 10.1. The van der Waals surface area contributed by atoms with E-state index in [4.69, 9.17) is 0 Å². The highest BCUT2D eigenvalue weighted by atomic mass is 32.2. The molecule has 0 saturated carbocycles. The zero-order chi connectivity index (χ0) is 12.0. The third-order valence-corrected chi connectivity index (χ3v) is 2.39. The zero-order valence-electron chi connectivity index (χ0n) is 8.66. The van der Waals surface area contributed by atoms with Crippen LogP contribution >= 0.6 is 0 Å². The Kier molecular flexibility index (Phi) is 4.65. The SMILES string of the molecule is COC(=O)[C@H](Cc1ccccc1)N=S(=O)=O. The highest BCUT2D eigenvalue weighted by Crippen LogP contribution is 2.07. The minimum absolute atomic E-state index is 0.210. The third-order valence-electron chi connectivity index (χ3n) is 1.96. The Labute approximate surface area is 94.8 Å². The van der Waals surface area contributed by atoms with Crippen LogP contribution in [0.3, 0.4) is 0 Å². The van der Waals surface area contributed by atoms with Crippen LogP contribution in [0.2, 0.25) is 0 Å². The number of ether oxygens (including phenoxy) is 1. The van der Waals surface area contributed by atoms with Gasteiger partial charge in [-0.3, -0.25) is 0 Å². The van der Waals surface area contributed by atoms with Crippen LogP contribution in [0.5, 0.6) is 0 Å². The second kappa shape index (κ2) is 6.02. The van der Waals surface area contributed by atoms with Crippen molar-refractivity contribution in [2.24, 2.45) is 4.36 Å². The van der Waals surface area contributed by atoms with Crippen LogP contribution in [-0.2, 0) is 26.5 Å². The molecule has 6 heteroatoms. The Morgan fingerprint density at radius 2 is 2.00 bits per heavy atom. The van der Waals surface area contributed by atoms with Crippen molar-refractivity contribution in [2.75, 3.05) is 7.11 Å². The number of rotatable bonds is 4. The van der Waals surface area contributed by atoms with Crippen LogP contribution in [0.25, 0.3) is 0 Å². The summed E-state index contributed by atoms with van der Waals surface area (Å²) in [6.07, 6.45) is 0.210. The molecule has 0 aliphatic heterocycles. The van der Waals surface area contributed by atoms with Gasteiger partial charge in [-0.1, -0.05) is 30.3 Å². The maximum Gasteiger partial charge on any atom is 0.332 e. The Hall–Kier alpha value is -1.69.